The molecule has 23 heavy (non-hydrogen) atoms. The lowest BCUT2D eigenvalue weighted by Gasteiger charge is -2.07. The van der Waals surface area contributed by atoms with E-state index in [-0.39, 0.29) is 12.5 Å². The van der Waals surface area contributed by atoms with E-state index >= 15 is 0 Å². The first-order chi connectivity index (χ1) is 11.1. The van der Waals surface area contributed by atoms with Gasteiger partial charge in [-0.05, 0) is 50.3 Å². The fourth-order valence-corrected chi connectivity index (χ4v) is 1.80. The van der Waals surface area contributed by atoms with Crippen molar-refractivity contribution in [3.63, 3.8) is 0 Å². The van der Waals surface area contributed by atoms with Crippen LogP contribution in [0.1, 0.15) is 34.6 Å². The van der Waals surface area contributed by atoms with E-state index in [2.05, 4.69) is 10.3 Å². The van der Waals surface area contributed by atoms with Crippen molar-refractivity contribution in [2.24, 2.45) is 0 Å². The number of rotatable bonds is 5. The molecule has 0 atom stereocenters. The maximum atomic E-state index is 12.1. The summed E-state index contributed by atoms with van der Waals surface area (Å²) in [5, 5.41) is 2.74. The maximum Gasteiger partial charge on any atom is 0.338 e. The summed E-state index contributed by atoms with van der Waals surface area (Å²) >= 11 is 0. The number of nitrogens with one attached hydrogen (secondary N) is 1. The van der Waals surface area contributed by atoms with E-state index in [4.69, 9.17) is 4.74 Å². The number of carbonyl (C=O) groups is 2. The molecule has 2 aromatic rings. The number of anilines is 1. The van der Waals surface area contributed by atoms with E-state index in [1.54, 1.807) is 48.8 Å². The summed E-state index contributed by atoms with van der Waals surface area (Å²) in [5.41, 5.74) is 2.50. The largest absolute Gasteiger partial charge is 0.458 e. The summed E-state index contributed by atoms with van der Waals surface area (Å²) in [5.74, 6) is -0.690. The lowest BCUT2D eigenvalue weighted by atomic mass is 10.2. The molecule has 0 spiro atoms. The highest BCUT2D eigenvalue weighted by Crippen LogP contribution is 2.13. The Morgan fingerprint density at radius 1 is 1.13 bits per heavy atom. The van der Waals surface area contributed by atoms with Crippen LogP contribution in [0.25, 0.3) is 0 Å². The lowest BCUT2D eigenvalue weighted by Crippen LogP contribution is -2.12. The number of hydrogen-bond donors (Lipinski definition) is 1. The number of carbonyl (C=O) groups excluding carboxylic acids is 2. The van der Waals surface area contributed by atoms with E-state index in [0.29, 0.717) is 16.8 Å². The van der Waals surface area contributed by atoms with Gasteiger partial charge in [-0.15, -0.1) is 0 Å². The molecule has 0 saturated heterocycles. The van der Waals surface area contributed by atoms with Gasteiger partial charge in [0.25, 0.3) is 5.91 Å². The molecule has 0 saturated carbocycles. The molecule has 0 fully saturated rings. The summed E-state index contributed by atoms with van der Waals surface area (Å²) in [6.07, 6.45) is 4.92. The Bertz CT molecular complexity index is 720. The number of esters is 1. The predicted octanol–water partition coefficient (Wildman–Crippen LogP) is 3.46. The van der Waals surface area contributed by atoms with Gasteiger partial charge in [0.05, 0.1) is 5.56 Å². The average Bonchev–Trinajstić information content (AvgIpc) is 2.55. The summed E-state index contributed by atoms with van der Waals surface area (Å²) < 4.78 is 5.15. The number of benzene rings is 1. The van der Waals surface area contributed by atoms with Crippen molar-refractivity contribution in [2.45, 2.75) is 13.8 Å². The minimum Gasteiger partial charge on any atom is -0.458 e. The Morgan fingerprint density at radius 2 is 1.87 bits per heavy atom. The first kappa shape index (κ1) is 16.4. The van der Waals surface area contributed by atoms with Crippen LogP contribution in [0.2, 0.25) is 0 Å². The fraction of sp³-hybridized carbons (Fsp3) is 0.167. The Labute approximate surface area is 135 Å². The number of ether oxygens (including phenoxy) is 1. The Hall–Kier alpha value is -2.95. The molecule has 1 N–H and O–H groups in total. The van der Waals surface area contributed by atoms with Gasteiger partial charge in [-0.25, -0.2) is 4.79 Å². The molecule has 1 heterocycles. The number of nitrogens with zero attached hydrogens (tertiary/aromatic N) is 1. The molecule has 2 rings (SSSR count). The lowest BCUT2D eigenvalue weighted by molar-refractivity contribution is 0.0549. The third kappa shape index (κ3) is 5.07. The monoisotopic (exact) mass is 310 g/mol. The van der Waals surface area contributed by atoms with Crippen LogP contribution < -0.4 is 5.32 Å². The molecule has 0 aliphatic rings. The molecule has 1 amide bonds. The summed E-state index contributed by atoms with van der Waals surface area (Å²) in [6.45, 7) is 4.10. The van der Waals surface area contributed by atoms with Gasteiger partial charge in [0.2, 0.25) is 0 Å². The Balaban J connectivity index is 2.03. The molecule has 0 radical (unpaired) electrons. The molecule has 0 unspecified atom stereocenters. The topological polar surface area (TPSA) is 68.3 Å². The van der Waals surface area contributed by atoms with Gasteiger partial charge in [-0.2, -0.15) is 0 Å². The standard InChI is InChI=1S/C18H18N2O3/c1-13(2)8-11-23-18(22)15-4-3-5-16(12-15)20-17(21)14-6-9-19-10-7-14/h3-10,12H,11H2,1-2H3,(H,20,21). The van der Waals surface area contributed by atoms with Crippen LogP contribution in [-0.2, 0) is 4.74 Å². The molecular formula is C18H18N2O3. The molecule has 1 aromatic heterocycles. The molecular weight excluding hydrogens is 292 g/mol. The van der Waals surface area contributed by atoms with Crippen LogP contribution in [0.4, 0.5) is 5.69 Å². The molecule has 0 bridgehead atoms. The van der Waals surface area contributed by atoms with Gasteiger partial charge >= 0.3 is 5.97 Å². The van der Waals surface area contributed by atoms with Crippen LogP contribution in [0.3, 0.4) is 0 Å². The number of aromatic nitrogens is 1. The highest BCUT2D eigenvalue weighted by atomic mass is 16.5. The first-order valence-corrected chi connectivity index (χ1v) is 7.18. The van der Waals surface area contributed by atoms with Crippen molar-refractivity contribution in [3.05, 3.63) is 71.6 Å². The predicted molar refractivity (Wildman–Crippen MR) is 88.3 cm³/mol. The van der Waals surface area contributed by atoms with Gasteiger partial charge in [-0.3, -0.25) is 9.78 Å². The van der Waals surface area contributed by atoms with Crippen molar-refractivity contribution in [2.75, 3.05) is 11.9 Å². The smallest absolute Gasteiger partial charge is 0.338 e. The maximum absolute atomic E-state index is 12.1. The minimum absolute atomic E-state index is 0.231. The zero-order valence-corrected chi connectivity index (χ0v) is 13.1. The molecule has 5 heteroatoms. The highest BCUT2D eigenvalue weighted by Gasteiger charge is 2.09. The van der Waals surface area contributed by atoms with Crippen LogP contribution in [0, 0.1) is 0 Å². The highest BCUT2D eigenvalue weighted by molar-refractivity contribution is 6.04. The summed E-state index contributed by atoms with van der Waals surface area (Å²) in [7, 11) is 0. The van der Waals surface area contributed by atoms with Crippen molar-refractivity contribution in [3.8, 4) is 0 Å². The van der Waals surface area contributed by atoms with Crippen LogP contribution in [0.5, 0.6) is 0 Å². The number of hydrogen-bond acceptors (Lipinski definition) is 4. The number of pyridine rings is 1. The van der Waals surface area contributed by atoms with Gasteiger partial charge in [0.1, 0.15) is 6.61 Å². The minimum atomic E-state index is -0.428. The van der Waals surface area contributed by atoms with Crippen LogP contribution in [-0.4, -0.2) is 23.5 Å². The summed E-state index contributed by atoms with van der Waals surface area (Å²) in [4.78, 5) is 27.9. The zero-order chi connectivity index (χ0) is 16.7. The van der Waals surface area contributed by atoms with Crippen LogP contribution >= 0.6 is 0 Å². The normalized spacial score (nSPS) is 9.83. The van der Waals surface area contributed by atoms with E-state index in [0.717, 1.165) is 5.57 Å². The third-order valence-electron chi connectivity index (χ3n) is 3.00. The fourth-order valence-electron chi connectivity index (χ4n) is 1.80. The van der Waals surface area contributed by atoms with Crippen molar-refractivity contribution < 1.29 is 14.3 Å². The summed E-state index contributed by atoms with van der Waals surface area (Å²) in [6, 6.07) is 9.88. The quantitative estimate of drug-likeness (QED) is 0.678. The van der Waals surface area contributed by atoms with E-state index < -0.39 is 5.97 Å². The first-order valence-electron chi connectivity index (χ1n) is 7.18. The van der Waals surface area contributed by atoms with Crippen molar-refractivity contribution >= 4 is 17.6 Å². The van der Waals surface area contributed by atoms with Gasteiger partial charge in [0, 0.05) is 23.6 Å². The van der Waals surface area contributed by atoms with E-state index in [1.165, 1.54) is 0 Å². The molecule has 118 valence electrons. The molecule has 1 aromatic carbocycles. The second-order valence-corrected chi connectivity index (χ2v) is 5.15. The van der Waals surface area contributed by atoms with E-state index in [9.17, 15) is 9.59 Å². The van der Waals surface area contributed by atoms with Gasteiger partial charge in [0.15, 0.2) is 0 Å². The second-order valence-electron chi connectivity index (χ2n) is 5.15. The van der Waals surface area contributed by atoms with Gasteiger partial charge < -0.3 is 10.1 Å². The van der Waals surface area contributed by atoms with Crippen molar-refractivity contribution in [1.29, 1.82) is 0 Å². The average molecular weight is 310 g/mol. The number of allylic oxidation sites excluding steroid dienone is 1. The number of amides is 1. The Kier molecular flexibility index (Phi) is 5.63. The Morgan fingerprint density at radius 3 is 2.57 bits per heavy atom. The van der Waals surface area contributed by atoms with Gasteiger partial charge in [-0.1, -0.05) is 11.6 Å². The molecule has 0 aliphatic carbocycles. The third-order valence-corrected chi connectivity index (χ3v) is 3.00. The SMILES string of the molecule is CC(C)=CCOC(=O)c1cccc(NC(=O)c2ccncc2)c1. The zero-order valence-electron chi connectivity index (χ0n) is 13.1. The molecule has 0 aliphatic heterocycles. The van der Waals surface area contributed by atoms with Crippen LogP contribution in [0.15, 0.2) is 60.4 Å². The second kappa shape index (κ2) is 7.89. The van der Waals surface area contributed by atoms with Crippen molar-refractivity contribution in [1.82, 2.24) is 4.98 Å². The van der Waals surface area contributed by atoms with E-state index in [1.807, 2.05) is 19.9 Å². The molecule has 5 nitrogen and oxygen atoms in total.